The number of carbonyl (C=O) groups excluding carboxylic acids is 1. The van der Waals surface area contributed by atoms with Gasteiger partial charge >= 0.3 is 0 Å². The topological polar surface area (TPSA) is 20.3 Å². The van der Waals surface area contributed by atoms with Gasteiger partial charge in [-0.1, -0.05) is 40.0 Å². The molecule has 2 rings (SSSR count). The Morgan fingerprint density at radius 1 is 1.18 bits per heavy atom. The molecule has 4 heteroatoms. The second-order valence-corrected chi connectivity index (χ2v) is 7.41. The SMILES string of the molecule is CC(C)(C)CN(C(=O)c1ccc(F)cc1F)C1CCCCC1. The number of nitrogens with zero attached hydrogens (tertiary/aromatic N) is 1. The van der Waals surface area contributed by atoms with E-state index in [1.165, 1.54) is 12.5 Å². The van der Waals surface area contributed by atoms with Gasteiger partial charge in [0.1, 0.15) is 11.6 Å². The lowest BCUT2D eigenvalue weighted by Crippen LogP contribution is -2.46. The Balaban J connectivity index is 2.28. The first-order valence-corrected chi connectivity index (χ1v) is 8.04. The maximum Gasteiger partial charge on any atom is 0.257 e. The molecule has 0 bridgehead atoms. The van der Waals surface area contributed by atoms with Gasteiger partial charge in [0.2, 0.25) is 0 Å². The van der Waals surface area contributed by atoms with E-state index in [9.17, 15) is 13.6 Å². The number of benzene rings is 1. The van der Waals surface area contributed by atoms with E-state index in [-0.39, 0.29) is 22.9 Å². The third-order valence-electron chi connectivity index (χ3n) is 4.08. The number of hydrogen-bond donors (Lipinski definition) is 0. The van der Waals surface area contributed by atoms with Crippen molar-refractivity contribution in [3.05, 3.63) is 35.4 Å². The van der Waals surface area contributed by atoms with Crippen molar-refractivity contribution in [2.75, 3.05) is 6.54 Å². The molecule has 0 unspecified atom stereocenters. The van der Waals surface area contributed by atoms with E-state index in [0.29, 0.717) is 6.54 Å². The van der Waals surface area contributed by atoms with Crippen molar-refractivity contribution in [3.8, 4) is 0 Å². The molecule has 0 saturated heterocycles. The largest absolute Gasteiger partial charge is 0.335 e. The normalized spacial score (nSPS) is 16.6. The summed E-state index contributed by atoms with van der Waals surface area (Å²) in [6.45, 7) is 6.78. The summed E-state index contributed by atoms with van der Waals surface area (Å²) in [6.07, 6.45) is 5.32. The highest BCUT2D eigenvalue weighted by molar-refractivity contribution is 5.94. The molecule has 0 atom stereocenters. The van der Waals surface area contributed by atoms with Crippen molar-refractivity contribution in [2.24, 2.45) is 5.41 Å². The molecule has 122 valence electrons. The van der Waals surface area contributed by atoms with Gasteiger partial charge in [-0.3, -0.25) is 4.79 Å². The Bertz CT molecular complexity index is 530. The summed E-state index contributed by atoms with van der Waals surface area (Å²) < 4.78 is 27.0. The molecule has 1 saturated carbocycles. The predicted molar refractivity (Wildman–Crippen MR) is 83.7 cm³/mol. The van der Waals surface area contributed by atoms with E-state index in [1.54, 1.807) is 4.90 Å². The molecular weight excluding hydrogens is 284 g/mol. The highest BCUT2D eigenvalue weighted by Crippen LogP contribution is 2.28. The van der Waals surface area contributed by atoms with Crippen molar-refractivity contribution < 1.29 is 13.6 Å². The van der Waals surface area contributed by atoms with Gasteiger partial charge < -0.3 is 4.90 Å². The van der Waals surface area contributed by atoms with Crippen LogP contribution in [0, 0.1) is 17.0 Å². The fourth-order valence-electron chi connectivity index (χ4n) is 3.09. The quantitative estimate of drug-likeness (QED) is 0.786. The van der Waals surface area contributed by atoms with Crippen molar-refractivity contribution in [3.63, 3.8) is 0 Å². The smallest absolute Gasteiger partial charge is 0.257 e. The lowest BCUT2D eigenvalue weighted by Gasteiger charge is -2.38. The number of amides is 1. The van der Waals surface area contributed by atoms with E-state index in [4.69, 9.17) is 0 Å². The summed E-state index contributed by atoms with van der Waals surface area (Å²) >= 11 is 0. The van der Waals surface area contributed by atoms with Crippen LogP contribution in [0.15, 0.2) is 18.2 Å². The molecule has 0 radical (unpaired) electrons. The first-order chi connectivity index (χ1) is 10.3. The van der Waals surface area contributed by atoms with E-state index in [0.717, 1.165) is 37.8 Å². The van der Waals surface area contributed by atoms with Crippen LogP contribution in [0.25, 0.3) is 0 Å². The molecule has 1 amide bonds. The Hall–Kier alpha value is -1.45. The molecule has 0 aromatic heterocycles. The monoisotopic (exact) mass is 309 g/mol. The highest BCUT2D eigenvalue weighted by atomic mass is 19.1. The maximum atomic E-state index is 14.0. The van der Waals surface area contributed by atoms with Crippen LogP contribution in [-0.4, -0.2) is 23.4 Å². The Kier molecular flexibility index (Phi) is 5.20. The Morgan fingerprint density at radius 3 is 2.36 bits per heavy atom. The summed E-state index contributed by atoms with van der Waals surface area (Å²) in [5, 5.41) is 0. The van der Waals surface area contributed by atoms with Crippen molar-refractivity contribution in [2.45, 2.75) is 58.9 Å². The first-order valence-electron chi connectivity index (χ1n) is 8.04. The molecule has 0 N–H and O–H groups in total. The van der Waals surface area contributed by atoms with Crippen LogP contribution in [-0.2, 0) is 0 Å². The van der Waals surface area contributed by atoms with Crippen LogP contribution in [0.5, 0.6) is 0 Å². The fourth-order valence-corrected chi connectivity index (χ4v) is 3.09. The molecule has 0 aliphatic heterocycles. The molecule has 1 aliphatic rings. The molecular formula is C18H25F2NO. The van der Waals surface area contributed by atoms with Crippen LogP contribution in [0.3, 0.4) is 0 Å². The minimum absolute atomic E-state index is 0.0313. The number of carbonyl (C=O) groups is 1. The Morgan fingerprint density at radius 2 is 1.82 bits per heavy atom. The van der Waals surface area contributed by atoms with Gasteiger partial charge in [0.15, 0.2) is 0 Å². The van der Waals surface area contributed by atoms with E-state index < -0.39 is 11.6 Å². The number of rotatable bonds is 3. The fraction of sp³-hybridized carbons (Fsp3) is 0.611. The molecule has 1 aromatic carbocycles. The van der Waals surface area contributed by atoms with Gasteiger partial charge in [0, 0.05) is 18.7 Å². The van der Waals surface area contributed by atoms with Crippen molar-refractivity contribution >= 4 is 5.91 Å². The maximum absolute atomic E-state index is 14.0. The second-order valence-electron chi connectivity index (χ2n) is 7.41. The predicted octanol–water partition coefficient (Wildman–Crippen LogP) is 4.79. The van der Waals surface area contributed by atoms with E-state index in [2.05, 4.69) is 20.8 Å². The van der Waals surface area contributed by atoms with Gasteiger partial charge in [-0.25, -0.2) is 8.78 Å². The zero-order valence-electron chi connectivity index (χ0n) is 13.7. The van der Waals surface area contributed by atoms with Crippen LogP contribution in [0.2, 0.25) is 0 Å². The highest BCUT2D eigenvalue weighted by Gasteiger charge is 2.30. The van der Waals surface area contributed by atoms with Gasteiger partial charge in [-0.2, -0.15) is 0 Å². The summed E-state index contributed by atoms with van der Waals surface area (Å²) in [5.41, 5.74) is -0.0971. The average Bonchev–Trinajstić information content (AvgIpc) is 2.44. The van der Waals surface area contributed by atoms with Crippen LogP contribution in [0.1, 0.15) is 63.2 Å². The summed E-state index contributed by atoms with van der Waals surface area (Å²) in [4.78, 5) is 14.6. The summed E-state index contributed by atoms with van der Waals surface area (Å²) in [6, 6.07) is 3.34. The Labute approximate surface area is 131 Å². The van der Waals surface area contributed by atoms with E-state index >= 15 is 0 Å². The van der Waals surface area contributed by atoms with E-state index in [1.807, 2.05) is 0 Å². The molecule has 22 heavy (non-hydrogen) atoms. The number of halogens is 2. The molecule has 1 aliphatic carbocycles. The third kappa shape index (κ3) is 4.28. The summed E-state index contributed by atoms with van der Waals surface area (Å²) in [7, 11) is 0. The first kappa shape index (κ1) is 16.9. The third-order valence-corrected chi connectivity index (χ3v) is 4.08. The van der Waals surface area contributed by atoms with Crippen LogP contribution < -0.4 is 0 Å². The zero-order valence-corrected chi connectivity index (χ0v) is 13.7. The van der Waals surface area contributed by atoms with Gasteiger partial charge in [-0.15, -0.1) is 0 Å². The molecule has 1 fully saturated rings. The average molecular weight is 309 g/mol. The molecule has 0 heterocycles. The molecule has 0 spiro atoms. The van der Waals surface area contributed by atoms with Crippen molar-refractivity contribution in [1.82, 2.24) is 4.90 Å². The van der Waals surface area contributed by atoms with Gasteiger partial charge in [0.25, 0.3) is 5.91 Å². The van der Waals surface area contributed by atoms with Gasteiger partial charge in [0.05, 0.1) is 5.56 Å². The lowest BCUT2D eigenvalue weighted by atomic mass is 9.90. The zero-order chi connectivity index (χ0) is 16.3. The van der Waals surface area contributed by atoms with Crippen molar-refractivity contribution in [1.29, 1.82) is 0 Å². The van der Waals surface area contributed by atoms with Crippen LogP contribution >= 0.6 is 0 Å². The minimum atomic E-state index is -0.778. The lowest BCUT2D eigenvalue weighted by molar-refractivity contribution is 0.0539. The van der Waals surface area contributed by atoms with Gasteiger partial charge in [-0.05, 0) is 30.4 Å². The molecule has 2 nitrogen and oxygen atoms in total. The standard InChI is InChI=1S/C18H25F2NO/c1-18(2,3)12-21(14-7-5-4-6-8-14)17(22)15-10-9-13(19)11-16(15)20/h9-11,14H,4-8,12H2,1-3H3. The number of hydrogen-bond acceptors (Lipinski definition) is 1. The summed E-state index contributed by atoms with van der Waals surface area (Å²) in [5.74, 6) is -1.76. The second kappa shape index (κ2) is 6.76. The molecule has 1 aromatic rings. The van der Waals surface area contributed by atoms with Crippen LogP contribution in [0.4, 0.5) is 8.78 Å². The minimum Gasteiger partial charge on any atom is -0.335 e.